The molecule has 148 valence electrons. The molecule has 3 rings (SSSR count). The maximum Gasteiger partial charge on any atom is 0.191 e. The molecule has 1 fully saturated rings. The third-order valence-corrected chi connectivity index (χ3v) is 5.04. The number of nitrogens with one attached hydrogen (secondary N) is 2. The molecule has 2 aromatic heterocycles. The van der Waals surface area contributed by atoms with Gasteiger partial charge in [0.15, 0.2) is 17.6 Å². The van der Waals surface area contributed by atoms with Gasteiger partial charge in [0.25, 0.3) is 0 Å². The number of guanidine groups is 1. The highest BCUT2D eigenvalue weighted by atomic mass is 127. The number of aryl methyl sites for hydroxylation is 1. The van der Waals surface area contributed by atoms with Gasteiger partial charge in [0, 0.05) is 50.2 Å². The summed E-state index contributed by atoms with van der Waals surface area (Å²) in [7, 11) is 0. The standard InChI is InChI=1S/C18H25FN6S.HI/c1-3-20-18(22-9-6-15-12-26-13(2)23-15)24-14-7-10-25(11-14)17-16(19)5-4-8-21-17;/h4-5,8,12,14H,3,6-7,9-11H2,1-2H3,(H2,20,22,24);1H. The monoisotopic (exact) mass is 504 g/mol. The van der Waals surface area contributed by atoms with Crippen LogP contribution in [0.1, 0.15) is 24.0 Å². The molecule has 1 unspecified atom stereocenters. The Morgan fingerprint density at radius 1 is 1.48 bits per heavy atom. The summed E-state index contributed by atoms with van der Waals surface area (Å²) in [5, 5.41) is 9.91. The van der Waals surface area contributed by atoms with Gasteiger partial charge in [-0.1, -0.05) is 0 Å². The van der Waals surface area contributed by atoms with Crippen molar-refractivity contribution in [2.75, 3.05) is 31.1 Å². The van der Waals surface area contributed by atoms with Gasteiger partial charge in [-0.05, 0) is 32.4 Å². The van der Waals surface area contributed by atoms with Gasteiger partial charge in [-0.15, -0.1) is 35.3 Å². The molecule has 27 heavy (non-hydrogen) atoms. The van der Waals surface area contributed by atoms with Crippen LogP contribution in [0, 0.1) is 12.7 Å². The van der Waals surface area contributed by atoms with Gasteiger partial charge in [0.05, 0.1) is 10.7 Å². The van der Waals surface area contributed by atoms with Crippen molar-refractivity contribution < 1.29 is 4.39 Å². The highest BCUT2D eigenvalue weighted by molar-refractivity contribution is 14.0. The van der Waals surface area contributed by atoms with Crippen LogP contribution < -0.4 is 15.5 Å². The summed E-state index contributed by atoms with van der Waals surface area (Å²) in [6.07, 6.45) is 3.38. The number of nitrogens with zero attached hydrogens (tertiary/aromatic N) is 4. The van der Waals surface area contributed by atoms with Crippen molar-refractivity contribution in [2.24, 2.45) is 4.99 Å². The summed E-state index contributed by atoms with van der Waals surface area (Å²) in [4.78, 5) is 15.3. The first-order valence-corrected chi connectivity index (χ1v) is 9.85. The zero-order chi connectivity index (χ0) is 18.4. The Hall–Kier alpha value is -1.49. The first-order chi connectivity index (χ1) is 12.7. The van der Waals surface area contributed by atoms with Crippen LogP contribution in [-0.4, -0.2) is 48.1 Å². The highest BCUT2D eigenvalue weighted by Gasteiger charge is 2.25. The van der Waals surface area contributed by atoms with Crippen LogP contribution in [0.15, 0.2) is 28.7 Å². The molecule has 2 N–H and O–H groups in total. The SMILES string of the molecule is CCNC(=NCCc1csc(C)n1)NC1CCN(c2ncccc2F)C1.I. The number of aliphatic imine (C=N–C) groups is 1. The predicted octanol–water partition coefficient (Wildman–Crippen LogP) is 2.98. The van der Waals surface area contributed by atoms with E-state index in [1.54, 1.807) is 23.6 Å². The van der Waals surface area contributed by atoms with Crippen LogP contribution in [0.3, 0.4) is 0 Å². The molecule has 0 aromatic carbocycles. The van der Waals surface area contributed by atoms with E-state index in [9.17, 15) is 4.39 Å². The first kappa shape index (κ1) is 21.8. The fraction of sp³-hybridized carbons (Fsp3) is 0.500. The maximum atomic E-state index is 13.9. The summed E-state index contributed by atoms with van der Waals surface area (Å²) >= 11 is 1.67. The molecule has 3 heterocycles. The fourth-order valence-electron chi connectivity index (χ4n) is 3.00. The zero-order valence-corrected chi connectivity index (χ0v) is 18.8. The van der Waals surface area contributed by atoms with Crippen LogP contribution in [0.5, 0.6) is 0 Å². The van der Waals surface area contributed by atoms with Crippen molar-refractivity contribution in [1.82, 2.24) is 20.6 Å². The molecule has 0 bridgehead atoms. The van der Waals surface area contributed by atoms with Gasteiger partial charge < -0.3 is 15.5 Å². The Morgan fingerprint density at radius 2 is 2.33 bits per heavy atom. The lowest BCUT2D eigenvalue weighted by molar-refractivity contribution is 0.612. The molecular weight excluding hydrogens is 478 g/mol. The van der Waals surface area contributed by atoms with E-state index in [-0.39, 0.29) is 35.8 Å². The zero-order valence-electron chi connectivity index (χ0n) is 15.6. The average Bonchev–Trinajstić information content (AvgIpc) is 3.25. The Bertz CT molecular complexity index is 753. The van der Waals surface area contributed by atoms with Crippen LogP contribution in [0.25, 0.3) is 0 Å². The third-order valence-electron chi connectivity index (χ3n) is 4.22. The number of halogens is 2. The molecule has 0 amide bonds. The minimum absolute atomic E-state index is 0. The lowest BCUT2D eigenvalue weighted by atomic mass is 10.3. The van der Waals surface area contributed by atoms with E-state index in [4.69, 9.17) is 0 Å². The van der Waals surface area contributed by atoms with Crippen molar-refractivity contribution in [3.63, 3.8) is 0 Å². The smallest absolute Gasteiger partial charge is 0.191 e. The number of hydrogen-bond acceptors (Lipinski definition) is 5. The molecule has 6 nitrogen and oxygen atoms in total. The second-order valence-corrected chi connectivity index (χ2v) is 7.32. The summed E-state index contributed by atoms with van der Waals surface area (Å²) in [6, 6.07) is 3.29. The molecule has 0 spiro atoms. The molecule has 0 aliphatic carbocycles. The van der Waals surface area contributed by atoms with Crippen LogP contribution in [0.2, 0.25) is 0 Å². The maximum absolute atomic E-state index is 13.9. The summed E-state index contributed by atoms with van der Waals surface area (Å²) in [6.45, 7) is 7.04. The van der Waals surface area contributed by atoms with Gasteiger partial charge in [-0.3, -0.25) is 4.99 Å². The first-order valence-electron chi connectivity index (χ1n) is 8.97. The Balaban J connectivity index is 0.00000261. The number of pyridine rings is 1. The second kappa shape index (κ2) is 10.7. The molecular formula is C18H26FIN6S. The molecule has 2 aromatic rings. The quantitative estimate of drug-likeness (QED) is 0.360. The van der Waals surface area contributed by atoms with E-state index in [0.29, 0.717) is 18.9 Å². The van der Waals surface area contributed by atoms with Gasteiger partial charge in [-0.2, -0.15) is 0 Å². The van der Waals surface area contributed by atoms with E-state index < -0.39 is 0 Å². The van der Waals surface area contributed by atoms with Crippen LogP contribution in [0.4, 0.5) is 10.2 Å². The lowest BCUT2D eigenvalue weighted by Gasteiger charge is -2.19. The fourth-order valence-corrected chi connectivity index (χ4v) is 3.65. The molecule has 1 aliphatic heterocycles. The van der Waals surface area contributed by atoms with Crippen molar-refractivity contribution in [3.05, 3.63) is 40.2 Å². The predicted molar refractivity (Wildman–Crippen MR) is 120 cm³/mol. The van der Waals surface area contributed by atoms with Crippen molar-refractivity contribution in [1.29, 1.82) is 0 Å². The summed E-state index contributed by atoms with van der Waals surface area (Å²) in [5.74, 6) is 0.956. The minimum Gasteiger partial charge on any atom is -0.357 e. The Labute approximate surface area is 180 Å². The topological polar surface area (TPSA) is 65.4 Å². The molecule has 0 radical (unpaired) electrons. The average molecular weight is 504 g/mol. The molecule has 0 saturated carbocycles. The number of anilines is 1. The summed E-state index contributed by atoms with van der Waals surface area (Å²) in [5.41, 5.74) is 1.09. The van der Waals surface area contributed by atoms with Crippen LogP contribution >= 0.6 is 35.3 Å². The largest absolute Gasteiger partial charge is 0.357 e. The lowest BCUT2D eigenvalue weighted by Crippen LogP contribution is -2.44. The summed E-state index contributed by atoms with van der Waals surface area (Å²) < 4.78 is 13.9. The molecule has 1 aliphatic rings. The van der Waals surface area contributed by atoms with Crippen molar-refractivity contribution >= 4 is 47.1 Å². The third kappa shape index (κ3) is 6.27. The van der Waals surface area contributed by atoms with E-state index in [2.05, 4.69) is 31.0 Å². The molecule has 9 heteroatoms. The van der Waals surface area contributed by atoms with E-state index in [0.717, 1.165) is 42.6 Å². The van der Waals surface area contributed by atoms with Crippen LogP contribution in [-0.2, 0) is 6.42 Å². The molecule has 1 atom stereocenters. The normalized spacial score (nSPS) is 16.9. The van der Waals surface area contributed by atoms with Crippen molar-refractivity contribution in [3.8, 4) is 0 Å². The number of hydrogen-bond donors (Lipinski definition) is 2. The second-order valence-electron chi connectivity index (χ2n) is 6.25. The minimum atomic E-state index is -0.271. The van der Waals surface area contributed by atoms with E-state index >= 15 is 0 Å². The van der Waals surface area contributed by atoms with Gasteiger partial charge >= 0.3 is 0 Å². The van der Waals surface area contributed by atoms with Gasteiger partial charge in [0.1, 0.15) is 0 Å². The Kier molecular flexibility index (Phi) is 8.68. The van der Waals surface area contributed by atoms with E-state index in [1.165, 1.54) is 6.07 Å². The Morgan fingerprint density at radius 3 is 3.04 bits per heavy atom. The number of aromatic nitrogens is 2. The van der Waals surface area contributed by atoms with Crippen molar-refractivity contribution in [2.45, 2.75) is 32.7 Å². The highest BCUT2D eigenvalue weighted by Crippen LogP contribution is 2.20. The number of thiazole rings is 1. The number of rotatable bonds is 6. The molecule has 1 saturated heterocycles. The van der Waals surface area contributed by atoms with E-state index in [1.807, 2.05) is 18.7 Å². The van der Waals surface area contributed by atoms with Gasteiger partial charge in [-0.25, -0.2) is 14.4 Å². The van der Waals surface area contributed by atoms with Gasteiger partial charge in [0.2, 0.25) is 0 Å².